The highest BCUT2D eigenvalue weighted by atomic mass is 31.1. The van der Waals surface area contributed by atoms with E-state index >= 15 is 0 Å². The maximum atomic E-state index is 12.7. The highest BCUT2D eigenvalue weighted by Gasteiger charge is 2.48. The first-order chi connectivity index (χ1) is 37.5. The van der Waals surface area contributed by atoms with E-state index in [0.717, 1.165) is 0 Å². The largest absolute Gasteiger partial charge is 0.552 e. The van der Waals surface area contributed by atoms with Crippen LogP contribution in [-0.2, 0) is 18.8 Å². The van der Waals surface area contributed by atoms with Gasteiger partial charge in [-0.2, -0.15) is 0 Å². The molecule has 0 spiro atoms. The first kappa shape index (κ1) is 53.9. The number of nitrogens with zero attached hydrogens (tertiary/aromatic N) is 14. The van der Waals surface area contributed by atoms with Crippen molar-refractivity contribution in [3.8, 4) is 11.5 Å². The SMILES string of the molecule is CC[C@H]1O[C@@H](n2cnc3c(NC(=O)c4ccccc4)ncnc32)[C@H](O)[C@@H]1N=[N+]=[N-].CC[C@H]1O[C@@H](n2cnc3c(NC(=O)c4ccccc4)ncnc32)[C@H](OC(=O)Oc2ccccc2)[C@@H]1N=[N+]=[N-].C[P+](=O)Oc1ccccc1. The normalized spacial score (nSPS) is 20.4. The zero-order chi connectivity index (χ0) is 54.3. The molecule has 0 aliphatic carbocycles. The Bertz CT molecular complexity index is 3420. The topological polar surface area (TPSA) is 343 Å². The average molecular weight is 1060 g/mol. The zero-order valence-electron chi connectivity index (χ0n) is 41.2. The quantitative estimate of drug-likeness (QED) is 0.0228. The second kappa shape index (κ2) is 25.7. The number of hydrogen-bond donors (Lipinski definition) is 3. The molecule has 2 fully saturated rings. The fourth-order valence-electron chi connectivity index (χ4n) is 8.25. The Kier molecular flexibility index (Phi) is 18.0. The van der Waals surface area contributed by atoms with Gasteiger partial charge in [-0.25, -0.2) is 34.7 Å². The number of carbonyl (C=O) groups excluding carboxylic acids is 3. The predicted octanol–water partition coefficient (Wildman–Crippen LogP) is 9.51. The fourth-order valence-corrected chi connectivity index (χ4v) is 8.67. The molecular formula is C50H48N16O10P+. The van der Waals surface area contributed by atoms with Crippen molar-refractivity contribution in [2.75, 3.05) is 17.3 Å². The summed E-state index contributed by atoms with van der Waals surface area (Å²) in [5.41, 5.74) is 20.2. The van der Waals surface area contributed by atoms with E-state index in [9.17, 15) is 29.6 Å². The van der Waals surface area contributed by atoms with Gasteiger partial charge in [0.15, 0.2) is 64.9 Å². The first-order valence-electron chi connectivity index (χ1n) is 23.7. The van der Waals surface area contributed by atoms with Crippen molar-refractivity contribution >= 4 is 60.0 Å². The molecule has 0 saturated carbocycles. The van der Waals surface area contributed by atoms with Crippen LogP contribution in [0.4, 0.5) is 16.4 Å². The molecule has 2 aliphatic rings. The minimum atomic E-state index is -1.53. The van der Waals surface area contributed by atoms with E-state index in [1.54, 1.807) is 100 Å². The van der Waals surface area contributed by atoms with Crippen LogP contribution in [0.2, 0.25) is 0 Å². The maximum Gasteiger partial charge on any atom is 0.552 e. The molecule has 2 aliphatic heterocycles. The molecule has 27 heteroatoms. The van der Waals surface area contributed by atoms with Crippen molar-refractivity contribution in [2.45, 2.75) is 75.6 Å². The number of ether oxygens (including phenoxy) is 4. The second-order valence-corrected chi connectivity index (χ2v) is 17.7. The Morgan fingerprint density at radius 1 is 0.649 bits per heavy atom. The van der Waals surface area contributed by atoms with Crippen molar-refractivity contribution in [1.29, 1.82) is 0 Å². The molecule has 1 unspecified atom stereocenters. The maximum absolute atomic E-state index is 12.7. The third kappa shape index (κ3) is 12.9. The number of imidazole rings is 2. The van der Waals surface area contributed by atoms with E-state index in [2.05, 4.69) is 60.6 Å². The van der Waals surface area contributed by atoms with Crippen LogP contribution in [0.25, 0.3) is 43.2 Å². The van der Waals surface area contributed by atoms with Crippen LogP contribution in [0.5, 0.6) is 11.5 Å². The Morgan fingerprint density at radius 2 is 1.09 bits per heavy atom. The van der Waals surface area contributed by atoms with Gasteiger partial charge in [0, 0.05) is 21.0 Å². The summed E-state index contributed by atoms with van der Waals surface area (Å²) in [5, 5.41) is 23.6. The Labute approximate surface area is 438 Å². The molecule has 8 aromatic rings. The standard InChI is InChI=1S/C25H22N8O5.C18H18N8O3.C7H8O2P/c1-2-17-18(31-32-26)20(38-25(35)36-16-11-7-4-8-12-16)24(37-17)33-14-29-19-21(27-13-28-22(19)33)30-23(34)15-9-5-3-6-10-15;1-2-11-12(24-25-19)14(27)18(29-11)26-9-22-13-15(20-8-21-16(13)26)23-17(28)10-6-4-3-5-7-10;1-10(8)9-7-5-3-2-4-6-7/h3-14,17-18,20,24H,2H2,1H3,(H,27,28,30,34);3-9,11-12,14,18,27H,2H2,1H3,(H,20,21,23,28);2-6H,1H3/q;;+1/t17-,18-,20-,24-;11-,12-,14-,18-;/m11./s1. The molecule has 10 rings (SSSR count). The summed E-state index contributed by atoms with van der Waals surface area (Å²) in [6.07, 6.45) is 0.650. The number of rotatable bonds is 14. The number of carbonyl (C=O) groups is 3. The monoisotopic (exact) mass is 1060 g/mol. The van der Waals surface area contributed by atoms with Gasteiger partial charge >= 0.3 is 14.2 Å². The van der Waals surface area contributed by atoms with Crippen molar-refractivity contribution in [1.82, 2.24) is 39.0 Å². The van der Waals surface area contributed by atoms with Gasteiger partial charge in [-0.15, -0.1) is 0 Å². The lowest BCUT2D eigenvalue weighted by atomic mass is 10.1. The molecule has 4 aromatic carbocycles. The summed E-state index contributed by atoms with van der Waals surface area (Å²) in [4.78, 5) is 69.1. The number of aliphatic hydroxyl groups is 1. The van der Waals surface area contributed by atoms with Gasteiger partial charge in [0.1, 0.15) is 30.5 Å². The van der Waals surface area contributed by atoms with Gasteiger partial charge in [0.2, 0.25) is 0 Å². The van der Waals surface area contributed by atoms with Crippen molar-refractivity contribution in [3.63, 3.8) is 0 Å². The molecule has 26 nitrogen and oxygen atoms in total. The van der Waals surface area contributed by atoms with Gasteiger partial charge in [-0.1, -0.05) is 96.9 Å². The summed E-state index contributed by atoms with van der Waals surface area (Å²) in [6, 6.07) is 33.4. The molecule has 392 valence electrons. The van der Waals surface area contributed by atoms with Crippen LogP contribution in [-0.4, -0.2) is 105 Å². The minimum absolute atomic E-state index is 0.195. The Hall–Kier alpha value is -9.41. The molecule has 0 radical (unpaired) electrons. The highest BCUT2D eigenvalue weighted by molar-refractivity contribution is 7.38. The predicted molar refractivity (Wildman–Crippen MR) is 278 cm³/mol. The van der Waals surface area contributed by atoms with Crippen molar-refractivity contribution in [2.24, 2.45) is 10.2 Å². The lowest BCUT2D eigenvalue weighted by Gasteiger charge is -2.22. The van der Waals surface area contributed by atoms with Gasteiger partial charge in [-0.05, 0) is 77.0 Å². The third-order valence-electron chi connectivity index (χ3n) is 11.8. The van der Waals surface area contributed by atoms with E-state index in [0.29, 0.717) is 57.8 Å². The molecule has 2 amide bonds. The average Bonchev–Trinajstić information content (AvgIpc) is 4.25. The summed E-state index contributed by atoms with van der Waals surface area (Å²) >= 11 is 0. The van der Waals surface area contributed by atoms with Crippen LogP contribution < -0.4 is 19.9 Å². The molecule has 6 heterocycles. The number of para-hydroxylation sites is 2. The Balaban J connectivity index is 0.000000177. The number of nitrogens with one attached hydrogen (secondary N) is 2. The molecule has 9 atom stereocenters. The molecular weight excluding hydrogens is 1020 g/mol. The Morgan fingerprint density at radius 3 is 1.57 bits per heavy atom. The minimum Gasteiger partial charge on any atom is -0.425 e. The summed E-state index contributed by atoms with van der Waals surface area (Å²) < 4.78 is 41.5. The van der Waals surface area contributed by atoms with E-state index in [-0.39, 0.29) is 23.5 Å². The van der Waals surface area contributed by atoms with Crippen LogP contribution in [0, 0.1) is 0 Å². The smallest absolute Gasteiger partial charge is 0.425 e. The van der Waals surface area contributed by atoms with Crippen LogP contribution in [0.3, 0.4) is 0 Å². The molecule has 4 aromatic heterocycles. The summed E-state index contributed by atoms with van der Waals surface area (Å²) in [5.74, 6) is 0.698. The van der Waals surface area contributed by atoms with Crippen LogP contribution in [0.15, 0.2) is 157 Å². The van der Waals surface area contributed by atoms with E-state index in [4.69, 9.17) is 29.0 Å². The number of azide groups is 2. The second-order valence-electron chi connectivity index (χ2n) is 16.7. The fraction of sp³-hybridized carbons (Fsp3) is 0.260. The van der Waals surface area contributed by atoms with Crippen LogP contribution in [0.1, 0.15) is 59.9 Å². The van der Waals surface area contributed by atoms with E-state index in [1.165, 1.54) is 32.0 Å². The number of aromatic nitrogens is 8. The number of fused-ring (bicyclic) bond motifs is 2. The zero-order valence-corrected chi connectivity index (χ0v) is 42.1. The molecule has 3 N–H and O–H groups in total. The van der Waals surface area contributed by atoms with Gasteiger partial charge in [0.25, 0.3) is 11.8 Å². The van der Waals surface area contributed by atoms with Gasteiger partial charge < -0.3 is 34.7 Å². The lowest BCUT2D eigenvalue weighted by molar-refractivity contribution is -0.0472. The summed E-state index contributed by atoms with van der Waals surface area (Å²) in [7, 11) is -1.53. The van der Waals surface area contributed by atoms with Gasteiger partial charge in [0.05, 0.1) is 30.9 Å². The van der Waals surface area contributed by atoms with Crippen LogP contribution >= 0.6 is 8.03 Å². The lowest BCUT2D eigenvalue weighted by Crippen LogP contribution is -2.35. The highest BCUT2D eigenvalue weighted by Crippen LogP contribution is 2.38. The van der Waals surface area contributed by atoms with Gasteiger partial charge in [-0.3, -0.25) is 23.2 Å². The first-order valence-corrected chi connectivity index (χ1v) is 25.4. The molecule has 77 heavy (non-hydrogen) atoms. The number of anilines is 2. The number of benzene rings is 4. The number of hydrogen-bond acceptors (Lipinski definition) is 18. The third-order valence-corrected chi connectivity index (χ3v) is 12.2. The summed E-state index contributed by atoms with van der Waals surface area (Å²) in [6.45, 7) is 5.27. The van der Waals surface area contributed by atoms with Crippen molar-refractivity contribution in [3.05, 3.63) is 179 Å². The van der Waals surface area contributed by atoms with E-state index in [1.807, 2.05) is 44.2 Å². The number of amides is 2. The molecule has 0 bridgehead atoms. The number of aliphatic hydroxyl groups excluding tert-OH is 1. The molecule has 2 saturated heterocycles. The van der Waals surface area contributed by atoms with E-state index < -0.39 is 63.1 Å². The van der Waals surface area contributed by atoms with Crippen molar-refractivity contribution < 1.29 is 47.5 Å².